The Labute approximate surface area is 42.2 Å². The van der Waals surface area contributed by atoms with Crippen molar-refractivity contribution in [1.82, 2.24) is 0 Å². The summed E-state index contributed by atoms with van der Waals surface area (Å²) in [4.78, 5) is 0. The first-order valence-corrected chi connectivity index (χ1v) is 2.58. The number of aliphatic hydroxyl groups excluding tert-OH is 1. The highest BCUT2D eigenvalue weighted by Crippen LogP contribution is 2.28. The van der Waals surface area contributed by atoms with Gasteiger partial charge < -0.3 is 5.11 Å². The molecule has 7 heavy (non-hydrogen) atoms. The maximum Gasteiger partial charge on any atom is 0.101 e. The average Bonchev–Trinajstić information content (AvgIpc) is 1.58. The summed E-state index contributed by atoms with van der Waals surface area (Å²) >= 11 is 0. The van der Waals surface area contributed by atoms with Crippen LogP contribution in [-0.4, -0.2) is 17.9 Å². The molecule has 2 heteroatoms. The minimum absolute atomic E-state index is 0.167. The molecule has 0 aromatic rings. The second kappa shape index (κ2) is 1.78. The molecule has 1 aliphatic rings. The van der Waals surface area contributed by atoms with E-state index >= 15 is 0 Å². The Hall–Kier alpha value is -0.110. The van der Waals surface area contributed by atoms with Gasteiger partial charge in [0.25, 0.3) is 0 Å². The van der Waals surface area contributed by atoms with Gasteiger partial charge in [-0.3, -0.25) is 0 Å². The first kappa shape index (κ1) is 5.04. The zero-order valence-electron chi connectivity index (χ0n) is 4.10. The van der Waals surface area contributed by atoms with E-state index in [0.29, 0.717) is 12.8 Å². The van der Waals surface area contributed by atoms with E-state index in [-0.39, 0.29) is 12.5 Å². The van der Waals surface area contributed by atoms with Crippen LogP contribution in [0.3, 0.4) is 0 Å². The predicted octanol–water partition coefficient (Wildman–Crippen LogP) is 0.727. The molecule has 1 nitrogen and oxygen atoms in total. The molecule has 0 heterocycles. The van der Waals surface area contributed by atoms with E-state index < -0.39 is 6.17 Å². The van der Waals surface area contributed by atoms with Crippen LogP contribution in [0, 0.1) is 5.92 Å². The van der Waals surface area contributed by atoms with Gasteiger partial charge in [0.1, 0.15) is 6.17 Å². The third-order valence-corrected chi connectivity index (χ3v) is 1.44. The molecule has 0 spiro atoms. The highest BCUT2D eigenvalue weighted by atomic mass is 19.1. The van der Waals surface area contributed by atoms with Crippen LogP contribution in [0.2, 0.25) is 0 Å². The Bertz CT molecular complexity index is 59.1. The first-order valence-electron chi connectivity index (χ1n) is 2.58. The van der Waals surface area contributed by atoms with Gasteiger partial charge in [0.15, 0.2) is 0 Å². The van der Waals surface area contributed by atoms with Crippen LogP contribution >= 0.6 is 0 Å². The average molecular weight is 104 g/mol. The van der Waals surface area contributed by atoms with Gasteiger partial charge in [-0.25, -0.2) is 4.39 Å². The van der Waals surface area contributed by atoms with Crippen molar-refractivity contribution in [2.75, 3.05) is 6.61 Å². The van der Waals surface area contributed by atoms with Gasteiger partial charge in [-0.15, -0.1) is 0 Å². The van der Waals surface area contributed by atoms with Gasteiger partial charge in [-0.05, 0) is 18.8 Å². The number of hydrogen-bond donors (Lipinski definition) is 1. The summed E-state index contributed by atoms with van der Waals surface area (Å²) in [5.74, 6) is 0.273. The Morgan fingerprint density at radius 1 is 1.57 bits per heavy atom. The topological polar surface area (TPSA) is 20.2 Å². The fraction of sp³-hybridized carbons (Fsp3) is 1.00. The molecule has 1 rings (SSSR count). The lowest BCUT2D eigenvalue weighted by Crippen LogP contribution is -2.27. The van der Waals surface area contributed by atoms with Crippen molar-refractivity contribution in [3.05, 3.63) is 0 Å². The second-order valence-electron chi connectivity index (χ2n) is 2.12. The number of halogens is 1. The molecule has 0 unspecified atom stereocenters. The van der Waals surface area contributed by atoms with Crippen molar-refractivity contribution in [2.45, 2.75) is 19.0 Å². The minimum atomic E-state index is -0.614. The Kier molecular flexibility index (Phi) is 1.28. The second-order valence-corrected chi connectivity index (χ2v) is 2.12. The molecule has 0 aliphatic heterocycles. The van der Waals surface area contributed by atoms with Gasteiger partial charge >= 0.3 is 0 Å². The SMILES string of the molecule is OCC1CC(F)C1. The molecule has 0 atom stereocenters. The molecule has 1 fully saturated rings. The number of hydrogen-bond acceptors (Lipinski definition) is 1. The van der Waals surface area contributed by atoms with Gasteiger partial charge in [-0.2, -0.15) is 0 Å². The van der Waals surface area contributed by atoms with Crippen LogP contribution in [0.15, 0.2) is 0 Å². The Morgan fingerprint density at radius 2 is 2.14 bits per heavy atom. The van der Waals surface area contributed by atoms with E-state index in [1.54, 1.807) is 0 Å². The van der Waals surface area contributed by atoms with Crippen LogP contribution in [-0.2, 0) is 0 Å². The molecule has 0 aromatic carbocycles. The van der Waals surface area contributed by atoms with E-state index in [4.69, 9.17) is 5.11 Å². The summed E-state index contributed by atoms with van der Waals surface area (Å²) in [6.45, 7) is 0.167. The van der Waals surface area contributed by atoms with E-state index in [0.717, 1.165) is 0 Å². The molecule has 1 aliphatic carbocycles. The molecule has 0 aromatic heterocycles. The summed E-state index contributed by atoms with van der Waals surface area (Å²) in [7, 11) is 0. The maximum atomic E-state index is 11.8. The molecule has 0 amide bonds. The lowest BCUT2D eigenvalue weighted by Gasteiger charge is -2.27. The number of aliphatic hydroxyl groups is 1. The fourth-order valence-corrected chi connectivity index (χ4v) is 0.803. The Morgan fingerprint density at radius 3 is 2.29 bits per heavy atom. The van der Waals surface area contributed by atoms with Crippen molar-refractivity contribution in [3.63, 3.8) is 0 Å². The van der Waals surface area contributed by atoms with Crippen molar-refractivity contribution < 1.29 is 9.50 Å². The summed E-state index contributed by atoms with van der Waals surface area (Å²) < 4.78 is 11.8. The highest BCUT2D eigenvalue weighted by molar-refractivity contribution is 4.77. The molecule has 1 N–H and O–H groups in total. The lowest BCUT2D eigenvalue weighted by molar-refractivity contribution is 0.0768. The molecule has 0 saturated heterocycles. The monoisotopic (exact) mass is 104 g/mol. The fourth-order valence-electron chi connectivity index (χ4n) is 0.803. The van der Waals surface area contributed by atoms with Crippen molar-refractivity contribution >= 4 is 0 Å². The van der Waals surface area contributed by atoms with Crippen molar-refractivity contribution in [2.24, 2.45) is 5.92 Å². The van der Waals surface area contributed by atoms with Crippen molar-refractivity contribution in [1.29, 1.82) is 0 Å². The molecule has 42 valence electrons. The summed E-state index contributed by atoms with van der Waals surface area (Å²) in [6, 6.07) is 0. The molecule has 0 bridgehead atoms. The molecular weight excluding hydrogens is 95.1 g/mol. The maximum absolute atomic E-state index is 11.8. The van der Waals surface area contributed by atoms with Gasteiger partial charge in [0.05, 0.1) is 0 Å². The lowest BCUT2D eigenvalue weighted by atomic mass is 9.84. The van der Waals surface area contributed by atoms with Crippen LogP contribution in [0.1, 0.15) is 12.8 Å². The highest BCUT2D eigenvalue weighted by Gasteiger charge is 2.27. The van der Waals surface area contributed by atoms with Crippen molar-refractivity contribution in [3.8, 4) is 0 Å². The molecular formula is C5H9FO. The first-order chi connectivity index (χ1) is 3.33. The summed E-state index contributed by atoms with van der Waals surface area (Å²) in [6.07, 6.45) is 0.546. The summed E-state index contributed by atoms with van der Waals surface area (Å²) in [5, 5.41) is 8.34. The largest absolute Gasteiger partial charge is 0.396 e. The number of rotatable bonds is 1. The molecule has 1 saturated carbocycles. The van der Waals surface area contributed by atoms with E-state index in [2.05, 4.69) is 0 Å². The van der Waals surface area contributed by atoms with Crippen LogP contribution in [0.4, 0.5) is 4.39 Å². The number of alkyl halides is 1. The third kappa shape index (κ3) is 0.911. The quantitative estimate of drug-likeness (QED) is 0.520. The summed E-state index contributed by atoms with van der Waals surface area (Å²) in [5.41, 5.74) is 0. The smallest absolute Gasteiger partial charge is 0.101 e. The van der Waals surface area contributed by atoms with Crippen LogP contribution in [0.5, 0.6) is 0 Å². The van der Waals surface area contributed by atoms with Crippen LogP contribution < -0.4 is 0 Å². The van der Waals surface area contributed by atoms with Crippen LogP contribution in [0.25, 0.3) is 0 Å². The standard InChI is InChI=1S/C5H9FO/c6-5-1-4(2-5)3-7/h4-5,7H,1-3H2. The third-order valence-electron chi connectivity index (χ3n) is 1.44. The van der Waals surface area contributed by atoms with Gasteiger partial charge in [-0.1, -0.05) is 0 Å². The zero-order valence-corrected chi connectivity index (χ0v) is 4.10. The Balaban J connectivity index is 2.06. The van der Waals surface area contributed by atoms with Gasteiger partial charge in [0.2, 0.25) is 0 Å². The molecule has 0 radical (unpaired) electrons. The van der Waals surface area contributed by atoms with E-state index in [1.165, 1.54) is 0 Å². The minimum Gasteiger partial charge on any atom is -0.396 e. The van der Waals surface area contributed by atoms with E-state index in [1.807, 2.05) is 0 Å². The van der Waals surface area contributed by atoms with Gasteiger partial charge in [0, 0.05) is 6.61 Å². The zero-order chi connectivity index (χ0) is 5.28. The van der Waals surface area contributed by atoms with E-state index in [9.17, 15) is 4.39 Å². The predicted molar refractivity (Wildman–Crippen MR) is 24.7 cm³/mol. The normalized spacial score (nSPS) is 40.3.